The van der Waals surface area contributed by atoms with Crippen molar-refractivity contribution in [3.05, 3.63) is 57.6 Å². The standard InChI is InChI=1S/C14H12Cl2O6S2/c1-9-3-5-11(15)7-13(9)21-23(17,18)24(19,20)22-14-8-12(16)6-4-10(14)2/h3-8H,1-2H3. The lowest BCUT2D eigenvalue weighted by Gasteiger charge is -2.12. The van der Waals surface area contributed by atoms with Crippen LogP contribution in [0.2, 0.25) is 10.0 Å². The van der Waals surface area contributed by atoms with Crippen molar-refractivity contribution in [2.24, 2.45) is 0 Å². The fourth-order valence-electron chi connectivity index (χ4n) is 1.63. The van der Waals surface area contributed by atoms with Crippen LogP contribution in [-0.4, -0.2) is 16.8 Å². The van der Waals surface area contributed by atoms with Gasteiger partial charge in [0.05, 0.1) is 0 Å². The Hall–Kier alpha value is -1.48. The molecule has 0 aliphatic rings. The van der Waals surface area contributed by atoms with Crippen molar-refractivity contribution in [1.29, 1.82) is 0 Å². The van der Waals surface area contributed by atoms with Gasteiger partial charge in [-0.25, -0.2) is 0 Å². The summed E-state index contributed by atoms with van der Waals surface area (Å²) >= 11 is 11.5. The third-order valence-corrected chi connectivity index (χ3v) is 6.58. The Kier molecular flexibility index (Phi) is 5.34. The second kappa shape index (κ2) is 6.79. The summed E-state index contributed by atoms with van der Waals surface area (Å²) < 4.78 is 57.6. The van der Waals surface area contributed by atoms with Crippen LogP contribution in [0.15, 0.2) is 36.4 Å². The van der Waals surface area contributed by atoms with E-state index in [0.29, 0.717) is 11.1 Å². The van der Waals surface area contributed by atoms with Gasteiger partial charge in [0.1, 0.15) is 11.5 Å². The molecule has 0 radical (unpaired) electrons. The quantitative estimate of drug-likeness (QED) is 0.699. The minimum atomic E-state index is -5.13. The molecule has 0 saturated carbocycles. The lowest BCUT2D eigenvalue weighted by atomic mass is 10.2. The predicted octanol–water partition coefficient (Wildman–Crippen LogP) is 3.64. The second-order valence-corrected chi connectivity index (χ2v) is 10.1. The van der Waals surface area contributed by atoms with Gasteiger partial charge in [0.15, 0.2) is 0 Å². The van der Waals surface area contributed by atoms with Gasteiger partial charge in [0.2, 0.25) is 0 Å². The lowest BCUT2D eigenvalue weighted by molar-refractivity contribution is 0.463. The number of halogens is 2. The first kappa shape index (κ1) is 18.9. The summed E-state index contributed by atoms with van der Waals surface area (Å²) in [5, 5.41) is 0.379. The van der Waals surface area contributed by atoms with Crippen LogP contribution in [0.3, 0.4) is 0 Å². The van der Waals surface area contributed by atoms with Gasteiger partial charge in [-0.1, -0.05) is 35.3 Å². The fourth-order valence-corrected chi connectivity index (χ4v) is 3.86. The maximum atomic E-state index is 12.1. The van der Waals surface area contributed by atoms with Crippen molar-refractivity contribution in [3.8, 4) is 11.5 Å². The molecule has 0 amide bonds. The van der Waals surface area contributed by atoms with Crippen LogP contribution in [0.4, 0.5) is 0 Å². The van der Waals surface area contributed by atoms with E-state index in [4.69, 9.17) is 23.2 Å². The minimum absolute atomic E-state index is 0.190. The molecule has 0 aliphatic heterocycles. The normalized spacial score (nSPS) is 12.0. The van der Waals surface area contributed by atoms with Crippen molar-refractivity contribution in [2.45, 2.75) is 13.8 Å². The number of benzene rings is 2. The van der Waals surface area contributed by atoms with Crippen LogP contribution in [0.25, 0.3) is 0 Å². The maximum absolute atomic E-state index is 12.1. The summed E-state index contributed by atoms with van der Waals surface area (Å²) in [6.07, 6.45) is 0. The molecule has 0 heterocycles. The van der Waals surface area contributed by atoms with Crippen molar-refractivity contribution < 1.29 is 25.2 Å². The zero-order valence-electron chi connectivity index (χ0n) is 12.5. The second-order valence-electron chi connectivity index (χ2n) is 4.80. The van der Waals surface area contributed by atoms with Gasteiger partial charge >= 0.3 is 18.3 Å². The molecule has 0 aliphatic carbocycles. The van der Waals surface area contributed by atoms with E-state index >= 15 is 0 Å². The number of aryl methyl sites for hydroxylation is 2. The molecule has 0 unspecified atom stereocenters. The molecule has 24 heavy (non-hydrogen) atoms. The monoisotopic (exact) mass is 410 g/mol. The molecule has 2 aromatic carbocycles. The molecule has 6 nitrogen and oxygen atoms in total. The Bertz CT molecular complexity index is 903. The maximum Gasteiger partial charge on any atom is 0.454 e. The Morgan fingerprint density at radius 3 is 1.38 bits per heavy atom. The number of hydrogen-bond acceptors (Lipinski definition) is 6. The van der Waals surface area contributed by atoms with E-state index in [2.05, 4.69) is 8.37 Å². The van der Waals surface area contributed by atoms with Gasteiger partial charge in [-0.15, -0.1) is 0 Å². The Morgan fingerprint density at radius 2 is 1.04 bits per heavy atom. The summed E-state index contributed by atoms with van der Waals surface area (Å²) in [5.74, 6) is -0.421. The largest absolute Gasteiger partial charge is 0.454 e. The van der Waals surface area contributed by atoms with E-state index in [1.165, 1.54) is 50.2 Å². The van der Waals surface area contributed by atoms with E-state index in [9.17, 15) is 16.8 Å². The average Bonchev–Trinajstić information content (AvgIpc) is 2.46. The number of rotatable bonds is 5. The van der Waals surface area contributed by atoms with Crippen LogP contribution in [0, 0.1) is 13.8 Å². The highest BCUT2D eigenvalue weighted by molar-refractivity contribution is 8.63. The molecular formula is C14H12Cl2O6S2. The predicted molar refractivity (Wildman–Crippen MR) is 91.5 cm³/mol. The van der Waals surface area contributed by atoms with E-state index < -0.39 is 18.3 Å². The molecule has 2 rings (SSSR count). The van der Waals surface area contributed by atoms with Gasteiger partial charge in [0, 0.05) is 22.2 Å². The molecule has 0 saturated heterocycles. The first-order chi connectivity index (χ1) is 11.0. The molecule has 0 N–H and O–H groups in total. The molecule has 2 aromatic rings. The minimum Gasteiger partial charge on any atom is -0.369 e. The first-order valence-corrected chi connectivity index (χ1v) is 10.5. The van der Waals surface area contributed by atoms with E-state index in [-0.39, 0.29) is 21.5 Å². The zero-order chi connectivity index (χ0) is 18.1. The zero-order valence-corrected chi connectivity index (χ0v) is 15.6. The highest BCUT2D eigenvalue weighted by Crippen LogP contribution is 2.28. The summed E-state index contributed by atoms with van der Waals surface area (Å²) in [4.78, 5) is 0. The van der Waals surface area contributed by atoms with Gasteiger partial charge in [-0.05, 0) is 37.1 Å². The van der Waals surface area contributed by atoms with Crippen LogP contribution in [0.5, 0.6) is 11.5 Å². The van der Waals surface area contributed by atoms with Crippen molar-refractivity contribution in [3.63, 3.8) is 0 Å². The highest BCUT2D eigenvalue weighted by atomic mass is 35.5. The Morgan fingerprint density at radius 1 is 0.708 bits per heavy atom. The summed E-state index contributed by atoms with van der Waals surface area (Å²) in [5.41, 5.74) is 0.772. The van der Waals surface area contributed by atoms with Crippen molar-refractivity contribution in [2.75, 3.05) is 0 Å². The molecule has 10 heteroatoms. The SMILES string of the molecule is Cc1ccc(Cl)cc1OS(=O)(=O)S(=O)(=O)Oc1cc(Cl)ccc1C. The van der Waals surface area contributed by atoms with Gasteiger partial charge in [-0.3, -0.25) is 0 Å². The summed E-state index contributed by atoms with van der Waals surface area (Å²) in [6.45, 7) is 3.07. The van der Waals surface area contributed by atoms with Gasteiger partial charge < -0.3 is 8.37 Å². The van der Waals surface area contributed by atoms with Gasteiger partial charge in [-0.2, -0.15) is 16.8 Å². The molecule has 130 valence electrons. The van der Waals surface area contributed by atoms with E-state index in [1.54, 1.807) is 0 Å². The fraction of sp³-hybridized carbons (Fsp3) is 0.143. The molecule has 0 atom stereocenters. The van der Waals surface area contributed by atoms with Crippen molar-refractivity contribution >= 4 is 41.5 Å². The van der Waals surface area contributed by atoms with E-state index in [1.807, 2.05) is 0 Å². The third-order valence-electron chi connectivity index (χ3n) is 2.93. The summed E-state index contributed by atoms with van der Waals surface area (Å²) in [6, 6.07) is 8.38. The highest BCUT2D eigenvalue weighted by Gasteiger charge is 2.36. The van der Waals surface area contributed by atoms with E-state index in [0.717, 1.165) is 0 Å². The van der Waals surface area contributed by atoms with Crippen molar-refractivity contribution in [1.82, 2.24) is 0 Å². The lowest BCUT2D eigenvalue weighted by Crippen LogP contribution is -2.26. The molecule has 0 aromatic heterocycles. The molecule has 0 fully saturated rings. The van der Waals surface area contributed by atoms with Crippen LogP contribution >= 0.6 is 23.2 Å². The molecule has 0 bridgehead atoms. The van der Waals surface area contributed by atoms with Gasteiger partial charge in [0.25, 0.3) is 0 Å². The topological polar surface area (TPSA) is 86.7 Å². The Balaban J connectivity index is 2.36. The van der Waals surface area contributed by atoms with Crippen LogP contribution in [-0.2, 0) is 18.3 Å². The number of hydrogen-bond donors (Lipinski definition) is 0. The van der Waals surface area contributed by atoms with Crippen LogP contribution in [0.1, 0.15) is 11.1 Å². The first-order valence-electron chi connectivity index (χ1n) is 6.43. The smallest absolute Gasteiger partial charge is 0.369 e. The third kappa shape index (κ3) is 4.13. The molecular weight excluding hydrogens is 399 g/mol. The summed E-state index contributed by atoms with van der Waals surface area (Å²) in [7, 11) is -10.3. The average molecular weight is 411 g/mol. The molecule has 0 spiro atoms. The Labute approximate surface area is 149 Å². The van der Waals surface area contributed by atoms with Crippen LogP contribution < -0.4 is 8.37 Å².